The van der Waals surface area contributed by atoms with Gasteiger partial charge in [0.05, 0.1) is 5.02 Å². The number of alkyl halides is 3. The fraction of sp³-hybridized carbons (Fsp3) is 0.538. The fourth-order valence-electron chi connectivity index (χ4n) is 1.67. The van der Waals surface area contributed by atoms with Crippen molar-refractivity contribution >= 4 is 11.6 Å². The summed E-state index contributed by atoms with van der Waals surface area (Å²) >= 11 is 5.57. The molecule has 0 bridgehead atoms. The summed E-state index contributed by atoms with van der Waals surface area (Å²) in [6.45, 7) is 2.29. The molecule has 0 spiro atoms. The summed E-state index contributed by atoms with van der Waals surface area (Å²) in [5.41, 5.74) is 0.720. The molecule has 19 heavy (non-hydrogen) atoms. The maximum atomic E-state index is 13.2. The van der Waals surface area contributed by atoms with Gasteiger partial charge in [0.15, 0.2) is 0 Å². The van der Waals surface area contributed by atoms with Gasteiger partial charge in [-0.3, -0.25) is 0 Å². The van der Waals surface area contributed by atoms with Crippen molar-refractivity contribution in [2.24, 2.45) is 0 Å². The second-order valence-corrected chi connectivity index (χ2v) is 4.83. The summed E-state index contributed by atoms with van der Waals surface area (Å²) in [4.78, 5) is 0. The van der Waals surface area contributed by atoms with Crippen LogP contribution in [-0.4, -0.2) is 12.7 Å². The zero-order chi connectivity index (χ0) is 14.5. The first-order valence-corrected chi connectivity index (χ1v) is 6.42. The number of unbranched alkanes of at least 4 members (excludes halogenated alkanes) is 1. The third-order valence-electron chi connectivity index (χ3n) is 2.78. The van der Waals surface area contributed by atoms with Crippen molar-refractivity contribution in [3.63, 3.8) is 0 Å². The predicted octanol–water partition coefficient (Wildman–Crippen LogP) is 4.86. The fourth-order valence-corrected chi connectivity index (χ4v) is 1.79. The first-order valence-electron chi connectivity index (χ1n) is 6.04. The molecular formula is C13H16ClF4N. The van der Waals surface area contributed by atoms with E-state index in [0.717, 1.165) is 5.56 Å². The second kappa shape index (κ2) is 7.10. The van der Waals surface area contributed by atoms with E-state index in [1.807, 2.05) is 6.92 Å². The van der Waals surface area contributed by atoms with E-state index in [4.69, 9.17) is 11.6 Å². The topological polar surface area (TPSA) is 12.0 Å². The Balaban J connectivity index is 2.31. The van der Waals surface area contributed by atoms with E-state index in [2.05, 4.69) is 5.32 Å². The Morgan fingerprint density at radius 3 is 2.53 bits per heavy atom. The molecule has 0 radical (unpaired) electrons. The van der Waals surface area contributed by atoms with E-state index in [9.17, 15) is 17.6 Å². The van der Waals surface area contributed by atoms with Gasteiger partial charge in [-0.1, -0.05) is 17.7 Å². The minimum Gasteiger partial charge on any atom is -0.310 e. The molecule has 1 aromatic carbocycles. The van der Waals surface area contributed by atoms with Crippen LogP contribution >= 0.6 is 11.6 Å². The highest BCUT2D eigenvalue weighted by Crippen LogP contribution is 2.22. The van der Waals surface area contributed by atoms with Crippen molar-refractivity contribution < 1.29 is 17.6 Å². The molecule has 0 aromatic heterocycles. The molecule has 0 amide bonds. The molecular weight excluding hydrogens is 282 g/mol. The normalized spacial score (nSPS) is 13.6. The lowest BCUT2D eigenvalue weighted by Crippen LogP contribution is -2.20. The Morgan fingerprint density at radius 2 is 1.95 bits per heavy atom. The average molecular weight is 298 g/mol. The van der Waals surface area contributed by atoms with Crippen LogP contribution < -0.4 is 5.32 Å². The van der Waals surface area contributed by atoms with E-state index in [1.54, 1.807) is 6.07 Å². The second-order valence-electron chi connectivity index (χ2n) is 4.42. The molecule has 1 atom stereocenters. The molecule has 1 nitrogen and oxygen atoms in total. The van der Waals surface area contributed by atoms with Crippen LogP contribution in [0.25, 0.3) is 0 Å². The molecule has 0 fully saturated rings. The van der Waals surface area contributed by atoms with Crippen molar-refractivity contribution in [3.8, 4) is 0 Å². The molecule has 1 rings (SSSR count). The van der Waals surface area contributed by atoms with Crippen LogP contribution in [0.15, 0.2) is 18.2 Å². The summed E-state index contributed by atoms with van der Waals surface area (Å²) in [5.74, 6) is -0.495. The summed E-state index contributed by atoms with van der Waals surface area (Å²) in [6.07, 6.45) is -4.33. The highest BCUT2D eigenvalue weighted by atomic mass is 35.5. The van der Waals surface area contributed by atoms with Gasteiger partial charge in [-0.05, 0) is 44.0 Å². The van der Waals surface area contributed by atoms with Gasteiger partial charge in [0, 0.05) is 12.5 Å². The lowest BCUT2D eigenvalue weighted by atomic mass is 10.1. The van der Waals surface area contributed by atoms with Crippen LogP contribution in [0.1, 0.15) is 37.8 Å². The molecule has 1 N–H and O–H groups in total. The lowest BCUT2D eigenvalue weighted by Gasteiger charge is -2.14. The Bertz CT molecular complexity index is 406. The molecule has 1 aromatic rings. The van der Waals surface area contributed by atoms with Gasteiger partial charge in [-0.25, -0.2) is 4.39 Å². The van der Waals surface area contributed by atoms with Crippen molar-refractivity contribution in [2.45, 2.75) is 38.4 Å². The van der Waals surface area contributed by atoms with Gasteiger partial charge in [-0.2, -0.15) is 13.2 Å². The molecule has 0 aliphatic rings. The van der Waals surface area contributed by atoms with Gasteiger partial charge >= 0.3 is 6.18 Å². The van der Waals surface area contributed by atoms with E-state index < -0.39 is 18.4 Å². The van der Waals surface area contributed by atoms with Crippen molar-refractivity contribution in [3.05, 3.63) is 34.6 Å². The number of halogens is 5. The zero-order valence-corrected chi connectivity index (χ0v) is 11.3. The van der Waals surface area contributed by atoms with Gasteiger partial charge < -0.3 is 5.32 Å². The van der Waals surface area contributed by atoms with Crippen LogP contribution in [0.5, 0.6) is 0 Å². The Morgan fingerprint density at radius 1 is 1.26 bits per heavy atom. The molecule has 6 heteroatoms. The van der Waals surface area contributed by atoms with Crippen LogP contribution in [0, 0.1) is 5.82 Å². The largest absolute Gasteiger partial charge is 0.389 e. The van der Waals surface area contributed by atoms with Gasteiger partial charge in [-0.15, -0.1) is 0 Å². The predicted molar refractivity (Wildman–Crippen MR) is 67.7 cm³/mol. The number of hydrogen-bond acceptors (Lipinski definition) is 1. The van der Waals surface area contributed by atoms with Crippen LogP contribution in [0.2, 0.25) is 5.02 Å². The minimum absolute atomic E-state index is 0.0566. The van der Waals surface area contributed by atoms with Gasteiger partial charge in [0.2, 0.25) is 0 Å². The molecule has 0 aliphatic heterocycles. The van der Waals surface area contributed by atoms with Gasteiger partial charge in [0.1, 0.15) is 5.82 Å². The van der Waals surface area contributed by atoms with E-state index >= 15 is 0 Å². The maximum Gasteiger partial charge on any atom is 0.389 e. The quantitative estimate of drug-likeness (QED) is 0.584. The van der Waals surface area contributed by atoms with E-state index in [1.165, 1.54) is 12.1 Å². The van der Waals surface area contributed by atoms with E-state index in [-0.39, 0.29) is 17.5 Å². The molecule has 0 aliphatic carbocycles. The molecule has 0 saturated carbocycles. The first kappa shape index (κ1) is 16.2. The minimum atomic E-state index is -4.09. The zero-order valence-electron chi connectivity index (χ0n) is 10.5. The summed E-state index contributed by atoms with van der Waals surface area (Å²) in [6, 6.07) is 4.36. The smallest absolute Gasteiger partial charge is 0.310 e. The number of rotatable bonds is 6. The van der Waals surface area contributed by atoms with Gasteiger partial charge in [0.25, 0.3) is 0 Å². The monoisotopic (exact) mass is 297 g/mol. The number of hydrogen-bond donors (Lipinski definition) is 1. The number of nitrogens with one attached hydrogen (secondary N) is 1. The van der Waals surface area contributed by atoms with E-state index in [0.29, 0.717) is 13.0 Å². The standard InChI is InChI=1S/C13H16ClF4N/c1-9(10-4-5-11(14)12(15)8-10)19-7-3-2-6-13(16,17)18/h4-5,8-9,19H,2-3,6-7H2,1H3. The number of benzene rings is 1. The third kappa shape index (κ3) is 6.25. The first-order chi connectivity index (χ1) is 8.79. The Kier molecular flexibility index (Phi) is 6.07. The highest BCUT2D eigenvalue weighted by Gasteiger charge is 2.25. The maximum absolute atomic E-state index is 13.2. The molecule has 0 saturated heterocycles. The Labute approximate surface area is 115 Å². The lowest BCUT2D eigenvalue weighted by molar-refractivity contribution is -0.135. The molecule has 1 unspecified atom stereocenters. The van der Waals surface area contributed by atoms with Crippen molar-refractivity contribution in [1.82, 2.24) is 5.32 Å². The average Bonchev–Trinajstić information content (AvgIpc) is 2.30. The molecule has 0 heterocycles. The molecule has 108 valence electrons. The van der Waals surface area contributed by atoms with Crippen molar-refractivity contribution in [1.29, 1.82) is 0 Å². The SMILES string of the molecule is CC(NCCCCC(F)(F)F)c1ccc(Cl)c(F)c1. The summed E-state index contributed by atoms with van der Waals surface area (Å²) < 4.78 is 49.0. The van der Waals surface area contributed by atoms with Crippen LogP contribution in [0.3, 0.4) is 0 Å². The van der Waals surface area contributed by atoms with Crippen molar-refractivity contribution in [2.75, 3.05) is 6.54 Å². The summed E-state index contributed by atoms with van der Waals surface area (Å²) in [5, 5.41) is 3.11. The summed E-state index contributed by atoms with van der Waals surface area (Å²) in [7, 11) is 0. The Hall–Kier alpha value is -0.810. The van der Waals surface area contributed by atoms with Crippen LogP contribution in [-0.2, 0) is 0 Å². The third-order valence-corrected chi connectivity index (χ3v) is 3.09. The highest BCUT2D eigenvalue weighted by molar-refractivity contribution is 6.30. The van der Waals surface area contributed by atoms with Crippen LogP contribution in [0.4, 0.5) is 17.6 Å².